The van der Waals surface area contributed by atoms with Gasteiger partial charge in [-0.3, -0.25) is 4.79 Å². The van der Waals surface area contributed by atoms with Crippen LogP contribution >= 0.6 is 27.3 Å². The number of thiophene rings is 1. The first-order chi connectivity index (χ1) is 9.74. The van der Waals surface area contributed by atoms with Crippen molar-refractivity contribution >= 4 is 38.9 Å². The zero-order valence-electron chi connectivity index (χ0n) is 11.2. The molecule has 106 valence electrons. The van der Waals surface area contributed by atoms with Crippen LogP contribution in [0.3, 0.4) is 0 Å². The molecule has 2 aromatic rings. The molecule has 0 saturated carbocycles. The lowest BCUT2D eigenvalue weighted by atomic mass is 10.1. The molecule has 20 heavy (non-hydrogen) atoms. The average Bonchev–Trinajstić information content (AvgIpc) is 2.94. The van der Waals surface area contributed by atoms with Gasteiger partial charge in [-0.2, -0.15) is 0 Å². The molecule has 0 fully saturated rings. The van der Waals surface area contributed by atoms with Gasteiger partial charge in [0.15, 0.2) is 0 Å². The summed E-state index contributed by atoms with van der Waals surface area (Å²) in [5.74, 6) is 0.484. The van der Waals surface area contributed by atoms with E-state index in [1.54, 1.807) is 13.2 Å². The van der Waals surface area contributed by atoms with Crippen LogP contribution in [0.4, 0.5) is 5.69 Å². The van der Waals surface area contributed by atoms with Crippen LogP contribution in [0.5, 0.6) is 5.75 Å². The highest BCUT2D eigenvalue weighted by atomic mass is 79.9. The van der Waals surface area contributed by atoms with Crippen molar-refractivity contribution < 1.29 is 9.53 Å². The Hall–Kier alpha value is -1.33. The second kappa shape index (κ2) is 7.45. The molecule has 3 nitrogen and oxygen atoms in total. The summed E-state index contributed by atoms with van der Waals surface area (Å²) in [7, 11) is 1.57. The number of halogens is 1. The molecule has 1 amide bonds. The van der Waals surface area contributed by atoms with E-state index in [1.165, 1.54) is 16.9 Å². The predicted molar refractivity (Wildman–Crippen MR) is 87.4 cm³/mol. The smallest absolute Gasteiger partial charge is 0.269 e. The van der Waals surface area contributed by atoms with Gasteiger partial charge in [0.1, 0.15) is 10.6 Å². The lowest BCUT2D eigenvalue weighted by Gasteiger charge is -2.07. The number of carbonyl (C=O) groups excluding carboxylic acids is 1. The molecule has 0 bridgehead atoms. The molecule has 1 aromatic carbocycles. The van der Waals surface area contributed by atoms with Crippen molar-refractivity contribution in [1.29, 1.82) is 0 Å². The highest BCUT2D eigenvalue weighted by Crippen LogP contribution is 2.25. The molecule has 5 heteroatoms. The van der Waals surface area contributed by atoms with Crippen molar-refractivity contribution in [3.05, 3.63) is 46.2 Å². The van der Waals surface area contributed by atoms with E-state index in [1.807, 2.05) is 23.6 Å². The summed E-state index contributed by atoms with van der Waals surface area (Å²) >= 11 is 4.80. The van der Waals surface area contributed by atoms with Crippen LogP contribution in [-0.4, -0.2) is 18.3 Å². The number of hydrogen-bond donors (Lipinski definition) is 1. The van der Waals surface area contributed by atoms with E-state index in [0.29, 0.717) is 10.6 Å². The SMILES string of the molecule is COc1ccsc1C(=O)Nc1cccc(CCCBr)c1. The zero-order valence-corrected chi connectivity index (χ0v) is 13.6. The summed E-state index contributed by atoms with van der Waals surface area (Å²) in [5, 5.41) is 5.75. The Morgan fingerprint density at radius 2 is 2.25 bits per heavy atom. The number of ether oxygens (including phenoxy) is 1. The molecule has 0 saturated heterocycles. The van der Waals surface area contributed by atoms with Crippen LogP contribution in [0.15, 0.2) is 35.7 Å². The molecule has 0 atom stereocenters. The standard InChI is InChI=1S/C15H16BrNO2S/c1-19-13-7-9-20-14(13)15(18)17-12-6-2-4-11(10-12)5-3-8-16/h2,4,6-7,9-10H,3,5,8H2,1H3,(H,17,18). The van der Waals surface area contributed by atoms with Crippen molar-refractivity contribution in [2.75, 3.05) is 17.8 Å². The van der Waals surface area contributed by atoms with Gasteiger partial charge in [-0.25, -0.2) is 0 Å². The number of benzene rings is 1. The van der Waals surface area contributed by atoms with Gasteiger partial charge < -0.3 is 10.1 Å². The number of anilines is 1. The van der Waals surface area contributed by atoms with Crippen LogP contribution in [-0.2, 0) is 6.42 Å². The first-order valence-corrected chi connectivity index (χ1v) is 8.32. The van der Waals surface area contributed by atoms with Crippen LogP contribution in [0.1, 0.15) is 21.7 Å². The number of hydrogen-bond acceptors (Lipinski definition) is 3. The molecule has 0 unspecified atom stereocenters. The maximum atomic E-state index is 12.2. The maximum absolute atomic E-state index is 12.2. The Morgan fingerprint density at radius 3 is 3.00 bits per heavy atom. The summed E-state index contributed by atoms with van der Waals surface area (Å²) in [6.07, 6.45) is 2.08. The van der Waals surface area contributed by atoms with E-state index >= 15 is 0 Å². The zero-order chi connectivity index (χ0) is 14.4. The van der Waals surface area contributed by atoms with Crippen molar-refractivity contribution in [3.8, 4) is 5.75 Å². The van der Waals surface area contributed by atoms with Gasteiger partial charge in [-0.1, -0.05) is 28.1 Å². The van der Waals surface area contributed by atoms with E-state index in [9.17, 15) is 4.79 Å². The van der Waals surface area contributed by atoms with E-state index in [2.05, 4.69) is 27.3 Å². The first-order valence-electron chi connectivity index (χ1n) is 6.32. The monoisotopic (exact) mass is 353 g/mol. The molecular formula is C15H16BrNO2S. The Kier molecular flexibility index (Phi) is 5.61. The number of rotatable bonds is 6. The summed E-state index contributed by atoms with van der Waals surface area (Å²) in [6.45, 7) is 0. The van der Waals surface area contributed by atoms with Gasteiger partial charge in [0.25, 0.3) is 5.91 Å². The Balaban J connectivity index is 2.08. The van der Waals surface area contributed by atoms with Crippen LogP contribution < -0.4 is 10.1 Å². The minimum Gasteiger partial charge on any atom is -0.495 e. The topological polar surface area (TPSA) is 38.3 Å². The highest BCUT2D eigenvalue weighted by molar-refractivity contribution is 9.09. The fourth-order valence-electron chi connectivity index (χ4n) is 1.89. The summed E-state index contributed by atoms with van der Waals surface area (Å²) in [6, 6.07) is 9.75. The van der Waals surface area contributed by atoms with Crippen molar-refractivity contribution in [2.24, 2.45) is 0 Å². The molecule has 0 spiro atoms. The first kappa shape index (κ1) is 15.1. The second-order valence-corrected chi connectivity index (χ2v) is 5.97. The molecule has 0 radical (unpaired) electrons. The van der Waals surface area contributed by atoms with E-state index < -0.39 is 0 Å². The summed E-state index contributed by atoms with van der Waals surface area (Å²) in [5.41, 5.74) is 2.04. The summed E-state index contributed by atoms with van der Waals surface area (Å²) in [4.78, 5) is 12.8. The van der Waals surface area contributed by atoms with Crippen LogP contribution in [0.25, 0.3) is 0 Å². The second-order valence-electron chi connectivity index (χ2n) is 4.27. The largest absolute Gasteiger partial charge is 0.495 e. The number of alkyl halides is 1. The van der Waals surface area contributed by atoms with Crippen molar-refractivity contribution in [2.45, 2.75) is 12.8 Å². The van der Waals surface area contributed by atoms with Gasteiger partial charge in [0.05, 0.1) is 7.11 Å². The Labute approximate surface area is 131 Å². The number of nitrogens with one attached hydrogen (secondary N) is 1. The van der Waals surface area contributed by atoms with E-state index in [4.69, 9.17) is 4.74 Å². The van der Waals surface area contributed by atoms with Crippen LogP contribution in [0, 0.1) is 0 Å². The molecule has 1 N–H and O–H groups in total. The Morgan fingerprint density at radius 1 is 1.40 bits per heavy atom. The predicted octanol–water partition coefficient (Wildman–Crippen LogP) is 4.34. The minimum absolute atomic E-state index is 0.130. The van der Waals surface area contributed by atoms with Crippen molar-refractivity contribution in [1.82, 2.24) is 0 Å². The van der Waals surface area contributed by atoms with E-state index in [-0.39, 0.29) is 5.91 Å². The third-order valence-electron chi connectivity index (χ3n) is 2.84. The maximum Gasteiger partial charge on any atom is 0.269 e. The number of methoxy groups -OCH3 is 1. The fraction of sp³-hybridized carbons (Fsp3) is 0.267. The molecular weight excluding hydrogens is 338 g/mol. The quantitative estimate of drug-likeness (QED) is 0.784. The van der Waals surface area contributed by atoms with Crippen LogP contribution in [0.2, 0.25) is 0 Å². The number of carbonyl (C=O) groups is 1. The van der Waals surface area contributed by atoms with Crippen molar-refractivity contribution in [3.63, 3.8) is 0 Å². The van der Waals surface area contributed by atoms with E-state index in [0.717, 1.165) is 23.9 Å². The average molecular weight is 354 g/mol. The third-order valence-corrected chi connectivity index (χ3v) is 4.29. The lowest BCUT2D eigenvalue weighted by molar-refractivity contribution is 0.102. The summed E-state index contributed by atoms with van der Waals surface area (Å²) < 4.78 is 5.17. The molecule has 0 aliphatic carbocycles. The normalized spacial score (nSPS) is 10.3. The number of amides is 1. The highest BCUT2D eigenvalue weighted by Gasteiger charge is 2.13. The minimum atomic E-state index is -0.130. The lowest BCUT2D eigenvalue weighted by Crippen LogP contribution is -2.11. The third kappa shape index (κ3) is 3.84. The molecule has 1 aromatic heterocycles. The van der Waals surface area contributed by atoms with Gasteiger partial charge in [0.2, 0.25) is 0 Å². The van der Waals surface area contributed by atoms with Gasteiger partial charge in [-0.05, 0) is 42.0 Å². The molecule has 1 heterocycles. The molecule has 0 aliphatic heterocycles. The van der Waals surface area contributed by atoms with Gasteiger partial charge in [0, 0.05) is 11.0 Å². The number of aryl methyl sites for hydroxylation is 1. The molecule has 0 aliphatic rings. The van der Waals surface area contributed by atoms with Gasteiger partial charge in [-0.15, -0.1) is 11.3 Å². The Bertz CT molecular complexity index is 583. The molecule has 2 rings (SSSR count). The fourth-order valence-corrected chi connectivity index (χ4v) is 2.92. The van der Waals surface area contributed by atoms with Gasteiger partial charge >= 0.3 is 0 Å².